The van der Waals surface area contributed by atoms with E-state index in [1.807, 2.05) is 0 Å². The van der Waals surface area contributed by atoms with Gasteiger partial charge in [0.05, 0.1) is 7.11 Å². The average Bonchev–Trinajstić information content (AvgIpc) is 3.24. The first kappa shape index (κ1) is 11.1. The lowest BCUT2D eigenvalue weighted by Gasteiger charge is -2.13. The zero-order chi connectivity index (χ0) is 11.9. The zero-order valence-electron chi connectivity index (χ0n) is 10.7. The molecule has 1 aromatic carbocycles. The molecule has 0 radical (unpaired) electrons. The fourth-order valence-corrected chi connectivity index (χ4v) is 2.67. The largest absolute Gasteiger partial charge is 0.497 e. The van der Waals surface area contributed by atoms with E-state index in [0.29, 0.717) is 5.41 Å². The molecule has 2 unspecified atom stereocenters. The molecular weight excluding hydrogens is 210 g/mol. The molecule has 2 atom stereocenters. The van der Waals surface area contributed by atoms with Crippen LogP contribution < -0.4 is 10.1 Å². The summed E-state index contributed by atoms with van der Waals surface area (Å²) in [7, 11) is 1.72. The van der Waals surface area contributed by atoms with E-state index in [1.165, 1.54) is 31.4 Å². The summed E-state index contributed by atoms with van der Waals surface area (Å²) < 4.78 is 5.20. The summed E-state index contributed by atoms with van der Waals surface area (Å²) in [6.45, 7) is 3.57. The van der Waals surface area contributed by atoms with E-state index in [0.717, 1.165) is 17.7 Å². The minimum absolute atomic E-state index is 0.397. The van der Waals surface area contributed by atoms with Gasteiger partial charge >= 0.3 is 0 Å². The minimum atomic E-state index is 0.397. The van der Waals surface area contributed by atoms with E-state index in [-0.39, 0.29) is 0 Å². The smallest absolute Gasteiger partial charge is 0.118 e. The van der Waals surface area contributed by atoms with Crippen LogP contribution in [0.3, 0.4) is 0 Å². The Labute approximate surface area is 103 Å². The van der Waals surface area contributed by atoms with Gasteiger partial charge in [0.1, 0.15) is 5.75 Å². The summed E-state index contributed by atoms with van der Waals surface area (Å²) in [5, 5.41) is 3.64. The van der Waals surface area contributed by atoms with Gasteiger partial charge in [0.15, 0.2) is 0 Å². The topological polar surface area (TPSA) is 21.3 Å². The fourth-order valence-electron chi connectivity index (χ4n) is 2.67. The molecule has 2 nitrogen and oxygen atoms in total. The van der Waals surface area contributed by atoms with Crippen LogP contribution in [-0.2, 0) is 5.41 Å². The molecule has 0 heterocycles. The third-order valence-corrected chi connectivity index (χ3v) is 4.39. The Morgan fingerprint density at radius 3 is 2.59 bits per heavy atom. The number of hydrogen-bond acceptors (Lipinski definition) is 2. The second-order valence-electron chi connectivity index (χ2n) is 5.73. The molecule has 2 aliphatic rings. The molecule has 1 N–H and O–H groups in total. The summed E-state index contributed by atoms with van der Waals surface area (Å²) >= 11 is 0. The summed E-state index contributed by atoms with van der Waals surface area (Å²) in [5.74, 6) is 1.77. The number of hydrogen-bond donors (Lipinski definition) is 1. The van der Waals surface area contributed by atoms with E-state index in [9.17, 15) is 0 Å². The summed E-state index contributed by atoms with van der Waals surface area (Å²) in [6, 6.07) is 9.41. The first-order valence-corrected chi connectivity index (χ1v) is 6.60. The highest BCUT2D eigenvalue weighted by Gasteiger charge is 2.50. The van der Waals surface area contributed by atoms with Crippen LogP contribution >= 0.6 is 0 Å². The highest BCUT2D eigenvalue weighted by Crippen LogP contribution is 2.53. The van der Waals surface area contributed by atoms with Crippen molar-refractivity contribution >= 4 is 0 Å². The second-order valence-corrected chi connectivity index (χ2v) is 5.73. The molecule has 2 fully saturated rings. The standard InChI is InChI=1S/C15H21NO/c1-15(9-12(15)10-16-13-5-6-13)11-3-7-14(17-2)8-4-11/h3-4,7-8,12-13,16H,5-6,9-10H2,1-2H3. The number of methoxy groups -OCH3 is 1. The van der Waals surface area contributed by atoms with Gasteiger partial charge in [-0.3, -0.25) is 0 Å². The summed E-state index contributed by atoms with van der Waals surface area (Å²) in [6.07, 6.45) is 4.08. The maximum absolute atomic E-state index is 5.20. The Kier molecular flexibility index (Phi) is 2.62. The maximum Gasteiger partial charge on any atom is 0.118 e. The van der Waals surface area contributed by atoms with Crippen molar-refractivity contribution in [2.24, 2.45) is 5.92 Å². The molecule has 1 aromatic rings. The van der Waals surface area contributed by atoms with Gasteiger partial charge in [-0.15, -0.1) is 0 Å². The Hall–Kier alpha value is -1.02. The number of ether oxygens (including phenoxy) is 1. The molecule has 0 amide bonds. The molecule has 0 spiro atoms. The number of rotatable bonds is 5. The first-order valence-electron chi connectivity index (χ1n) is 6.60. The molecule has 92 valence electrons. The zero-order valence-corrected chi connectivity index (χ0v) is 10.7. The molecule has 17 heavy (non-hydrogen) atoms. The second kappa shape index (κ2) is 4.02. The van der Waals surface area contributed by atoms with Crippen LogP contribution in [0.1, 0.15) is 31.7 Å². The lowest BCUT2D eigenvalue weighted by Crippen LogP contribution is -2.22. The molecule has 0 bridgehead atoms. The van der Waals surface area contributed by atoms with E-state index in [1.54, 1.807) is 7.11 Å². The molecule has 3 rings (SSSR count). The highest BCUT2D eigenvalue weighted by atomic mass is 16.5. The van der Waals surface area contributed by atoms with Crippen molar-refractivity contribution in [3.8, 4) is 5.75 Å². The third-order valence-electron chi connectivity index (χ3n) is 4.39. The monoisotopic (exact) mass is 231 g/mol. The van der Waals surface area contributed by atoms with Crippen LogP contribution in [0, 0.1) is 5.92 Å². The quantitative estimate of drug-likeness (QED) is 0.841. The van der Waals surface area contributed by atoms with E-state index >= 15 is 0 Å². The van der Waals surface area contributed by atoms with Crippen molar-refractivity contribution in [1.82, 2.24) is 5.32 Å². The molecule has 0 aromatic heterocycles. The fraction of sp³-hybridized carbons (Fsp3) is 0.600. The number of nitrogens with one attached hydrogen (secondary N) is 1. The third kappa shape index (κ3) is 2.19. The molecule has 2 saturated carbocycles. The minimum Gasteiger partial charge on any atom is -0.497 e. The molecule has 2 heteroatoms. The highest BCUT2D eigenvalue weighted by molar-refractivity contribution is 5.37. The van der Waals surface area contributed by atoms with Crippen molar-refractivity contribution in [2.45, 2.75) is 37.6 Å². The summed E-state index contributed by atoms with van der Waals surface area (Å²) in [4.78, 5) is 0. The van der Waals surface area contributed by atoms with Gasteiger partial charge in [-0.25, -0.2) is 0 Å². The normalized spacial score (nSPS) is 31.3. The predicted molar refractivity (Wildman–Crippen MR) is 69.5 cm³/mol. The van der Waals surface area contributed by atoms with Crippen molar-refractivity contribution in [3.63, 3.8) is 0 Å². The van der Waals surface area contributed by atoms with Crippen LogP contribution in [0.5, 0.6) is 5.75 Å². The molecule has 2 aliphatic carbocycles. The Bertz CT molecular complexity index is 396. The predicted octanol–water partition coefficient (Wildman–Crippen LogP) is 2.72. The van der Waals surface area contributed by atoms with Crippen molar-refractivity contribution in [3.05, 3.63) is 29.8 Å². The lowest BCUT2D eigenvalue weighted by molar-refractivity contribution is 0.414. The lowest BCUT2D eigenvalue weighted by atomic mass is 9.95. The number of benzene rings is 1. The molecular formula is C15H21NO. The Morgan fingerprint density at radius 1 is 1.29 bits per heavy atom. The molecule has 0 aliphatic heterocycles. The van der Waals surface area contributed by atoms with Gasteiger partial charge in [0, 0.05) is 6.04 Å². The summed E-state index contributed by atoms with van der Waals surface area (Å²) in [5.41, 5.74) is 1.86. The van der Waals surface area contributed by atoms with E-state index < -0.39 is 0 Å². The van der Waals surface area contributed by atoms with Crippen LogP contribution in [-0.4, -0.2) is 19.7 Å². The van der Waals surface area contributed by atoms with Gasteiger partial charge in [-0.05, 0) is 54.8 Å². The van der Waals surface area contributed by atoms with Crippen molar-refractivity contribution in [1.29, 1.82) is 0 Å². The SMILES string of the molecule is COc1ccc(C2(C)CC2CNC2CC2)cc1. The van der Waals surface area contributed by atoms with Gasteiger partial charge < -0.3 is 10.1 Å². The van der Waals surface area contributed by atoms with Crippen LogP contribution in [0.2, 0.25) is 0 Å². The van der Waals surface area contributed by atoms with Gasteiger partial charge in [-0.1, -0.05) is 19.1 Å². The van der Waals surface area contributed by atoms with E-state index in [2.05, 4.69) is 36.5 Å². The Morgan fingerprint density at radius 2 is 2.00 bits per heavy atom. The van der Waals surface area contributed by atoms with Crippen molar-refractivity contribution < 1.29 is 4.74 Å². The molecule has 0 saturated heterocycles. The van der Waals surface area contributed by atoms with Crippen molar-refractivity contribution in [2.75, 3.05) is 13.7 Å². The average molecular weight is 231 g/mol. The van der Waals surface area contributed by atoms with Crippen LogP contribution in [0.25, 0.3) is 0 Å². The van der Waals surface area contributed by atoms with Crippen LogP contribution in [0.15, 0.2) is 24.3 Å². The maximum atomic E-state index is 5.20. The van der Waals surface area contributed by atoms with Gasteiger partial charge in [0.25, 0.3) is 0 Å². The van der Waals surface area contributed by atoms with Crippen LogP contribution in [0.4, 0.5) is 0 Å². The van der Waals surface area contributed by atoms with Gasteiger partial charge in [0.2, 0.25) is 0 Å². The van der Waals surface area contributed by atoms with Gasteiger partial charge in [-0.2, -0.15) is 0 Å². The first-order chi connectivity index (χ1) is 8.22. The Balaban J connectivity index is 1.62. The van der Waals surface area contributed by atoms with E-state index in [4.69, 9.17) is 4.74 Å².